The van der Waals surface area contributed by atoms with Crippen molar-refractivity contribution in [3.8, 4) is 0 Å². The van der Waals surface area contributed by atoms with Gasteiger partial charge >= 0.3 is 0 Å². The van der Waals surface area contributed by atoms with Gasteiger partial charge in [0.15, 0.2) is 0 Å². The third kappa shape index (κ3) is 6.06. The maximum atomic E-state index is 12.2. The topological polar surface area (TPSA) is 41.1 Å². The molecule has 0 spiro atoms. The first-order chi connectivity index (χ1) is 9.69. The number of hydrogen-bond donors (Lipinski definition) is 2. The van der Waals surface area contributed by atoms with Gasteiger partial charge in [-0.05, 0) is 37.4 Å². The molecule has 0 saturated heterocycles. The van der Waals surface area contributed by atoms with E-state index in [0.29, 0.717) is 6.54 Å². The third-order valence-electron chi connectivity index (χ3n) is 3.32. The van der Waals surface area contributed by atoms with Crippen molar-refractivity contribution in [3.05, 3.63) is 34.3 Å². The van der Waals surface area contributed by atoms with Crippen molar-refractivity contribution in [2.45, 2.75) is 33.1 Å². The fourth-order valence-electron chi connectivity index (χ4n) is 2.07. The van der Waals surface area contributed by atoms with Crippen molar-refractivity contribution in [1.82, 2.24) is 10.6 Å². The average Bonchev–Trinajstić information content (AvgIpc) is 2.46. The van der Waals surface area contributed by atoms with Gasteiger partial charge in [-0.3, -0.25) is 4.79 Å². The molecule has 1 unspecified atom stereocenters. The molecule has 0 aromatic heterocycles. The average molecular weight is 341 g/mol. The molecule has 4 heteroatoms. The minimum absolute atomic E-state index is 0.0416. The SMILES string of the molecule is CCCNCCNC(=O)C(CC)Cc1ccccc1Br. The normalized spacial score (nSPS) is 12.2. The Labute approximate surface area is 130 Å². The van der Waals surface area contributed by atoms with E-state index >= 15 is 0 Å². The Morgan fingerprint density at radius 3 is 2.60 bits per heavy atom. The van der Waals surface area contributed by atoms with Gasteiger partial charge in [-0.15, -0.1) is 0 Å². The summed E-state index contributed by atoms with van der Waals surface area (Å²) >= 11 is 3.54. The van der Waals surface area contributed by atoms with Crippen molar-refractivity contribution in [2.24, 2.45) is 5.92 Å². The number of carbonyl (C=O) groups excluding carboxylic acids is 1. The number of hydrogen-bond acceptors (Lipinski definition) is 2. The number of nitrogens with one attached hydrogen (secondary N) is 2. The fourth-order valence-corrected chi connectivity index (χ4v) is 2.52. The van der Waals surface area contributed by atoms with Crippen LogP contribution in [0.4, 0.5) is 0 Å². The van der Waals surface area contributed by atoms with E-state index in [0.717, 1.165) is 36.8 Å². The molecule has 0 heterocycles. The van der Waals surface area contributed by atoms with Gasteiger partial charge in [-0.1, -0.05) is 48.0 Å². The number of halogens is 1. The molecule has 1 aromatic rings. The van der Waals surface area contributed by atoms with Gasteiger partial charge in [0.1, 0.15) is 0 Å². The summed E-state index contributed by atoms with van der Waals surface area (Å²) < 4.78 is 1.08. The first-order valence-corrected chi connectivity index (χ1v) is 8.20. The number of benzene rings is 1. The zero-order chi connectivity index (χ0) is 14.8. The smallest absolute Gasteiger partial charge is 0.223 e. The highest BCUT2D eigenvalue weighted by atomic mass is 79.9. The first kappa shape index (κ1) is 17.2. The molecule has 1 rings (SSSR count). The molecule has 0 radical (unpaired) electrons. The Balaban J connectivity index is 2.41. The molecule has 0 saturated carbocycles. The van der Waals surface area contributed by atoms with Crippen LogP contribution in [0.3, 0.4) is 0 Å². The summed E-state index contributed by atoms with van der Waals surface area (Å²) in [6.45, 7) is 6.74. The van der Waals surface area contributed by atoms with E-state index in [9.17, 15) is 4.79 Å². The van der Waals surface area contributed by atoms with Crippen molar-refractivity contribution in [1.29, 1.82) is 0 Å². The van der Waals surface area contributed by atoms with Crippen molar-refractivity contribution in [2.75, 3.05) is 19.6 Å². The Morgan fingerprint density at radius 1 is 1.20 bits per heavy atom. The maximum absolute atomic E-state index is 12.2. The van der Waals surface area contributed by atoms with Gasteiger partial charge in [0.25, 0.3) is 0 Å². The van der Waals surface area contributed by atoms with Crippen LogP contribution in [-0.4, -0.2) is 25.5 Å². The number of rotatable bonds is 9. The van der Waals surface area contributed by atoms with E-state index in [1.807, 2.05) is 18.2 Å². The van der Waals surface area contributed by atoms with Crippen LogP contribution < -0.4 is 10.6 Å². The minimum Gasteiger partial charge on any atom is -0.355 e. The molecule has 1 atom stereocenters. The summed E-state index contributed by atoms with van der Waals surface area (Å²) in [5.74, 6) is 0.196. The standard InChI is InChI=1S/C16H25BrN2O/c1-3-9-18-10-11-19-16(20)13(4-2)12-14-7-5-6-8-15(14)17/h5-8,13,18H,3-4,9-12H2,1-2H3,(H,19,20). The summed E-state index contributed by atoms with van der Waals surface area (Å²) in [6.07, 6.45) is 2.76. The Kier molecular flexibility index (Phi) is 8.54. The van der Waals surface area contributed by atoms with Gasteiger partial charge in [0, 0.05) is 23.5 Å². The van der Waals surface area contributed by atoms with Crippen LogP contribution in [0.2, 0.25) is 0 Å². The van der Waals surface area contributed by atoms with E-state index in [1.165, 1.54) is 5.56 Å². The van der Waals surface area contributed by atoms with Gasteiger partial charge < -0.3 is 10.6 Å². The lowest BCUT2D eigenvalue weighted by Crippen LogP contribution is -2.36. The summed E-state index contributed by atoms with van der Waals surface area (Å²) in [5.41, 5.74) is 1.19. The van der Waals surface area contributed by atoms with Crippen molar-refractivity contribution < 1.29 is 4.79 Å². The highest BCUT2D eigenvalue weighted by molar-refractivity contribution is 9.10. The summed E-state index contributed by atoms with van der Waals surface area (Å²) in [4.78, 5) is 12.2. The third-order valence-corrected chi connectivity index (χ3v) is 4.09. The molecule has 3 nitrogen and oxygen atoms in total. The summed E-state index contributed by atoms with van der Waals surface area (Å²) in [7, 11) is 0. The van der Waals surface area contributed by atoms with Crippen LogP contribution in [-0.2, 0) is 11.2 Å². The van der Waals surface area contributed by atoms with Crippen LogP contribution in [0.25, 0.3) is 0 Å². The molecule has 0 aliphatic carbocycles. The predicted molar refractivity (Wildman–Crippen MR) is 87.8 cm³/mol. The monoisotopic (exact) mass is 340 g/mol. The van der Waals surface area contributed by atoms with Crippen LogP contribution >= 0.6 is 15.9 Å². The maximum Gasteiger partial charge on any atom is 0.223 e. The van der Waals surface area contributed by atoms with E-state index in [1.54, 1.807) is 0 Å². The Bertz CT molecular complexity index is 409. The van der Waals surface area contributed by atoms with Crippen LogP contribution in [0, 0.1) is 5.92 Å². The number of carbonyl (C=O) groups is 1. The highest BCUT2D eigenvalue weighted by Crippen LogP contribution is 2.21. The number of amides is 1. The van der Waals surface area contributed by atoms with Crippen molar-refractivity contribution in [3.63, 3.8) is 0 Å². The van der Waals surface area contributed by atoms with Crippen molar-refractivity contribution >= 4 is 21.8 Å². The van der Waals surface area contributed by atoms with E-state index in [-0.39, 0.29) is 11.8 Å². The van der Waals surface area contributed by atoms with Gasteiger partial charge in [0.2, 0.25) is 5.91 Å². The van der Waals surface area contributed by atoms with Crippen LogP contribution in [0.1, 0.15) is 32.3 Å². The quantitative estimate of drug-likeness (QED) is 0.678. The molecular weight excluding hydrogens is 316 g/mol. The molecule has 0 aliphatic rings. The fraction of sp³-hybridized carbons (Fsp3) is 0.562. The van der Waals surface area contributed by atoms with Gasteiger partial charge in [0.05, 0.1) is 0 Å². The van der Waals surface area contributed by atoms with E-state index < -0.39 is 0 Å². The van der Waals surface area contributed by atoms with Gasteiger partial charge in [-0.2, -0.15) is 0 Å². The van der Waals surface area contributed by atoms with Gasteiger partial charge in [-0.25, -0.2) is 0 Å². The first-order valence-electron chi connectivity index (χ1n) is 7.40. The summed E-state index contributed by atoms with van der Waals surface area (Å²) in [6, 6.07) is 8.10. The van der Waals surface area contributed by atoms with E-state index in [2.05, 4.69) is 46.5 Å². The highest BCUT2D eigenvalue weighted by Gasteiger charge is 2.17. The molecule has 1 aromatic carbocycles. The van der Waals surface area contributed by atoms with E-state index in [4.69, 9.17) is 0 Å². The molecule has 0 aliphatic heterocycles. The molecule has 112 valence electrons. The molecular formula is C16H25BrN2O. The summed E-state index contributed by atoms with van der Waals surface area (Å²) in [5, 5.41) is 6.30. The lowest BCUT2D eigenvalue weighted by atomic mass is 9.96. The zero-order valence-corrected chi connectivity index (χ0v) is 14.0. The predicted octanol–water partition coefficient (Wildman–Crippen LogP) is 3.13. The molecule has 0 fully saturated rings. The second kappa shape index (κ2) is 9.94. The zero-order valence-electron chi connectivity index (χ0n) is 12.4. The van der Waals surface area contributed by atoms with Crippen LogP contribution in [0.15, 0.2) is 28.7 Å². The minimum atomic E-state index is 0.0416. The Hall–Kier alpha value is -0.870. The molecule has 0 bridgehead atoms. The molecule has 20 heavy (non-hydrogen) atoms. The second-order valence-electron chi connectivity index (χ2n) is 4.94. The largest absolute Gasteiger partial charge is 0.355 e. The lowest BCUT2D eigenvalue weighted by molar-refractivity contribution is -0.125. The van der Waals surface area contributed by atoms with Crippen LogP contribution in [0.5, 0.6) is 0 Å². The lowest BCUT2D eigenvalue weighted by Gasteiger charge is -2.16. The molecule has 2 N–H and O–H groups in total. The molecule has 1 amide bonds. The Morgan fingerprint density at radius 2 is 1.95 bits per heavy atom. The second-order valence-corrected chi connectivity index (χ2v) is 5.80.